The molecule has 26 heavy (non-hydrogen) atoms. The predicted molar refractivity (Wildman–Crippen MR) is 100 cm³/mol. The van der Waals surface area contributed by atoms with E-state index in [1.165, 1.54) is 12.7 Å². The topological polar surface area (TPSA) is 71.3 Å². The van der Waals surface area contributed by atoms with Crippen LogP contribution >= 0.6 is 0 Å². The van der Waals surface area contributed by atoms with E-state index in [0.717, 1.165) is 6.42 Å². The van der Waals surface area contributed by atoms with Gasteiger partial charge in [-0.05, 0) is 31.0 Å². The van der Waals surface area contributed by atoms with Gasteiger partial charge in [-0.3, -0.25) is 4.79 Å². The zero-order valence-corrected chi connectivity index (χ0v) is 15.4. The maximum Gasteiger partial charge on any atom is 0.260 e. The van der Waals surface area contributed by atoms with Crippen molar-refractivity contribution in [3.05, 3.63) is 59.7 Å². The van der Waals surface area contributed by atoms with Crippen LogP contribution < -0.4 is 14.8 Å². The van der Waals surface area contributed by atoms with Crippen LogP contribution in [0.1, 0.15) is 37.3 Å². The Hall–Kier alpha value is -3.00. The molecule has 0 aliphatic carbocycles. The largest absolute Gasteiger partial charge is 0.493 e. The Morgan fingerprint density at radius 1 is 1.19 bits per heavy atom. The van der Waals surface area contributed by atoms with Crippen molar-refractivity contribution in [2.75, 3.05) is 13.7 Å². The number of benzene rings is 2. The Morgan fingerprint density at radius 3 is 2.54 bits per heavy atom. The van der Waals surface area contributed by atoms with Gasteiger partial charge in [-0.2, -0.15) is 5.26 Å². The first kappa shape index (κ1) is 19.3. The number of rotatable bonds is 8. The minimum absolute atomic E-state index is 0.189. The maximum atomic E-state index is 12.4. The third-order valence-corrected chi connectivity index (χ3v) is 4.25. The Balaban J connectivity index is 1.96. The van der Waals surface area contributed by atoms with E-state index in [1.54, 1.807) is 25.1 Å². The number of hydrogen-bond acceptors (Lipinski definition) is 4. The normalized spacial score (nSPS) is 12.5. The first-order valence-corrected chi connectivity index (χ1v) is 8.66. The predicted octanol–water partition coefficient (Wildman–Crippen LogP) is 3.64. The van der Waals surface area contributed by atoms with Crippen LogP contribution in [0.3, 0.4) is 0 Å². The summed E-state index contributed by atoms with van der Waals surface area (Å²) in [6.07, 6.45) is 0.258. The highest BCUT2D eigenvalue weighted by Gasteiger charge is 2.18. The number of nitriles is 1. The maximum absolute atomic E-state index is 12.4. The fourth-order valence-electron chi connectivity index (χ4n) is 2.67. The molecule has 5 nitrogen and oxygen atoms in total. The van der Waals surface area contributed by atoms with E-state index < -0.39 is 6.10 Å². The number of nitrogens with one attached hydrogen (secondary N) is 1. The molecule has 1 amide bonds. The molecule has 0 fully saturated rings. The number of ether oxygens (including phenoxy) is 2. The molecule has 5 heteroatoms. The molecule has 2 aromatic rings. The van der Waals surface area contributed by atoms with Crippen molar-refractivity contribution in [3.8, 4) is 17.6 Å². The highest BCUT2D eigenvalue weighted by Crippen LogP contribution is 2.28. The Morgan fingerprint density at radius 2 is 1.92 bits per heavy atom. The van der Waals surface area contributed by atoms with Gasteiger partial charge in [0.15, 0.2) is 17.6 Å². The third kappa shape index (κ3) is 5.00. The van der Waals surface area contributed by atoms with Gasteiger partial charge in [0, 0.05) is 18.5 Å². The number of carbonyl (C=O) groups excluding carboxylic acids is 1. The van der Waals surface area contributed by atoms with Crippen LogP contribution in [-0.2, 0) is 4.79 Å². The van der Waals surface area contributed by atoms with Gasteiger partial charge in [0.1, 0.15) is 0 Å². The van der Waals surface area contributed by atoms with Gasteiger partial charge in [-0.25, -0.2) is 0 Å². The summed E-state index contributed by atoms with van der Waals surface area (Å²) in [5, 5.41) is 11.9. The van der Waals surface area contributed by atoms with E-state index >= 15 is 0 Å². The van der Waals surface area contributed by atoms with E-state index in [-0.39, 0.29) is 11.8 Å². The molecule has 0 saturated heterocycles. The van der Waals surface area contributed by atoms with Crippen molar-refractivity contribution < 1.29 is 14.3 Å². The lowest BCUT2D eigenvalue weighted by Crippen LogP contribution is -2.38. The lowest BCUT2D eigenvalue weighted by molar-refractivity contribution is -0.127. The fraction of sp³-hybridized carbons (Fsp3) is 0.333. The van der Waals surface area contributed by atoms with Crippen LogP contribution in [0.2, 0.25) is 0 Å². The molecular formula is C21H24N2O3. The highest BCUT2D eigenvalue weighted by molar-refractivity contribution is 5.80. The Labute approximate surface area is 154 Å². The second-order valence-corrected chi connectivity index (χ2v) is 6.00. The van der Waals surface area contributed by atoms with Crippen LogP contribution in [0, 0.1) is 11.3 Å². The lowest BCUT2D eigenvalue weighted by atomic mass is 9.96. The molecular weight excluding hydrogens is 328 g/mol. The molecule has 0 saturated carbocycles. The van der Waals surface area contributed by atoms with Gasteiger partial charge in [0.2, 0.25) is 0 Å². The van der Waals surface area contributed by atoms with Gasteiger partial charge in [-0.15, -0.1) is 0 Å². The molecule has 0 radical (unpaired) electrons. The first-order chi connectivity index (χ1) is 12.6. The Kier molecular flexibility index (Phi) is 7.04. The quantitative estimate of drug-likeness (QED) is 0.787. The number of amides is 1. The lowest BCUT2D eigenvalue weighted by Gasteiger charge is -2.20. The smallest absolute Gasteiger partial charge is 0.260 e. The molecule has 0 aliphatic rings. The number of nitrogens with zero attached hydrogens (tertiary/aromatic N) is 1. The molecule has 0 aliphatic heterocycles. The van der Waals surface area contributed by atoms with E-state index in [2.05, 4.69) is 24.4 Å². The number of methoxy groups -OCH3 is 1. The minimum Gasteiger partial charge on any atom is -0.493 e. The van der Waals surface area contributed by atoms with Crippen LogP contribution in [0.4, 0.5) is 0 Å². The summed E-state index contributed by atoms with van der Waals surface area (Å²) in [5.41, 5.74) is 1.68. The minimum atomic E-state index is -0.676. The Bertz CT molecular complexity index is 769. The van der Waals surface area contributed by atoms with Gasteiger partial charge in [-0.1, -0.05) is 37.3 Å². The number of carbonyl (C=O) groups is 1. The van der Waals surface area contributed by atoms with E-state index in [0.29, 0.717) is 23.6 Å². The van der Waals surface area contributed by atoms with Crippen molar-refractivity contribution in [3.63, 3.8) is 0 Å². The van der Waals surface area contributed by atoms with Crippen LogP contribution in [0.15, 0.2) is 48.5 Å². The van der Waals surface area contributed by atoms with Gasteiger partial charge >= 0.3 is 0 Å². The van der Waals surface area contributed by atoms with Crippen LogP contribution in [0.25, 0.3) is 0 Å². The molecule has 0 heterocycles. The van der Waals surface area contributed by atoms with E-state index in [9.17, 15) is 4.79 Å². The molecule has 2 aromatic carbocycles. The van der Waals surface area contributed by atoms with Crippen molar-refractivity contribution in [2.24, 2.45) is 0 Å². The monoisotopic (exact) mass is 352 g/mol. The summed E-state index contributed by atoms with van der Waals surface area (Å²) < 4.78 is 11.0. The molecule has 2 atom stereocenters. The van der Waals surface area contributed by atoms with Crippen LogP contribution in [0.5, 0.6) is 11.5 Å². The summed E-state index contributed by atoms with van der Waals surface area (Å²) in [4.78, 5) is 12.4. The van der Waals surface area contributed by atoms with Crippen molar-refractivity contribution in [1.82, 2.24) is 5.32 Å². The van der Waals surface area contributed by atoms with Gasteiger partial charge in [0.25, 0.3) is 5.91 Å². The third-order valence-electron chi connectivity index (χ3n) is 4.25. The van der Waals surface area contributed by atoms with E-state index in [4.69, 9.17) is 14.7 Å². The average Bonchev–Trinajstić information content (AvgIpc) is 2.69. The second kappa shape index (κ2) is 9.47. The molecule has 0 aromatic heterocycles. The van der Waals surface area contributed by atoms with Gasteiger partial charge < -0.3 is 14.8 Å². The zero-order chi connectivity index (χ0) is 18.9. The average molecular weight is 352 g/mol. The summed E-state index contributed by atoms with van der Waals surface area (Å²) >= 11 is 0. The summed E-state index contributed by atoms with van der Waals surface area (Å²) in [6.45, 7) is 4.35. The molecule has 0 unspecified atom stereocenters. The zero-order valence-electron chi connectivity index (χ0n) is 15.4. The standard InChI is InChI=1S/C21H24N2O3/c1-4-17(18-8-6-5-7-9-18)14-23-21(24)15(2)26-19-11-10-16(13-22)12-20(19)25-3/h5-12,15,17H,4,14H2,1-3H3,(H,23,24)/t15-,17+/m1/s1. The molecule has 2 rings (SSSR count). The molecule has 0 bridgehead atoms. The molecule has 0 spiro atoms. The highest BCUT2D eigenvalue weighted by atomic mass is 16.5. The molecule has 136 valence electrons. The van der Waals surface area contributed by atoms with Crippen molar-refractivity contribution >= 4 is 5.91 Å². The number of hydrogen-bond donors (Lipinski definition) is 1. The summed E-state index contributed by atoms with van der Waals surface area (Å²) in [7, 11) is 1.50. The van der Waals surface area contributed by atoms with Crippen molar-refractivity contribution in [1.29, 1.82) is 5.26 Å². The van der Waals surface area contributed by atoms with Crippen LogP contribution in [-0.4, -0.2) is 25.7 Å². The fourth-order valence-corrected chi connectivity index (χ4v) is 2.67. The van der Waals surface area contributed by atoms with E-state index in [1.807, 2.05) is 24.3 Å². The first-order valence-electron chi connectivity index (χ1n) is 8.66. The summed E-state index contributed by atoms with van der Waals surface area (Å²) in [5.74, 6) is 0.936. The summed E-state index contributed by atoms with van der Waals surface area (Å²) in [6, 6.07) is 17.0. The van der Waals surface area contributed by atoms with Crippen molar-refractivity contribution in [2.45, 2.75) is 32.3 Å². The molecule has 1 N–H and O–H groups in total. The second-order valence-electron chi connectivity index (χ2n) is 6.00. The van der Waals surface area contributed by atoms with Gasteiger partial charge in [0.05, 0.1) is 18.7 Å². The SMILES string of the molecule is CC[C@@H](CNC(=O)[C@@H](C)Oc1ccc(C#N)cc1OC)c1ccccc1.